The highest BCUT2D eigenvalue weighted by atomic mass is 127. The molecule has 166 valence electrons. The van der Waals surface area contributed by atoms with Crippen LogP contribution in [0.1, 0.15) is 45.6 Å². The summed E-state index contributed by atoms with van der Waals surface area (Å²) in [4.78, 5) is 9.37. The second-order valence-electron chi connectivity index (χ2n) is 8.87. The molecule has 0 radical (unpaired) electrons. The molecule has 0 aliphatic carbocycles. The molecule has 1 fully saturated rings. The van der Waals surface area contributed by atoms with E-state index in [1.54, 1.807) is 0 Å². The Balaban J connectivity index is 0.00000420. The Kier molecular flexibility index (Phi) is 12.1. The van der Waals surface area contributed by atoms with Crippen LogP contribution in [0.25, 0.3) is 0 Å². The predicted molar refractivity (Wildman–Crippen MR) is 136 cm³/mol. The van der Waals surface area contributed by atoms with Gasteiger partial charge in [-0.1, -0.05) is 44.2 Å². The zero-order valence-electron chi connectivity index (χ0n) is 19.2. The fraction of sp³-hybridized carbons (Fsp3) is 0.696. The molecule has 5 nitrogen and oxygen atoms in total. The molecule has 0 saturated carbocycles. The van der Waals surface area contributed by atoms with E-state index in [-0.39, 0.29) is 24.0 Å². The lowest BCUT2D eigenvalue weighted by molar-refractivity contribution is 0.134. The largest absolute Gasteiger partial charge is 0.355 e. The zero-order chi connectivity index (χ0) is 20.5. The van der Waals surface area contributed by atoms with Crippen LogP contribution >= 0.6 is 24.0 Å². The summed E-state index contributed by atoms with van der Waals surface area (Å²) >= 11 is 0. The number of hydrogen-bond donors (Lipinski definition) is 2. The molecule has 6 heteroatoms. The number of nitrogens with zero attached hydrogens (tertiary/aromatic N) is 3. The van der Waals surface area contributed by atoms with Gasteiger partial charge in [0.2, 0.25) is 0 Å². The maximum Gasteiger partial charge on any atom is 0.191 e. The van der Waals surface area contributed by atoms with Crippen molar-refractivity contribution in [2.75, 3.05) is 34.2 Å². The normalized spacial score (nSPS) is 21.7. The lowest BCUT2D eigenvalue weighted by atomic mass is 9.97. The first-order valence-corrected chi connectivity index (χ1v) is 10.8. The van der Waals surface area contributed by atoms with Crippen LogP contribution in [0.3, 0.4) is 0 Å². The Morgan fingerprint density at radius 2 is 1.93 bits per heavy atom. The van der Waals surface area contributed by atoms with E-state index in [1.165, 1.54) is 12.0 Å². The first-order valence-electron chi connectivity index (χ1n) is 10.8. The smallest absolute Gasteiger partial charge is 0.191 e. The molecular weight excluding hydrogens is 473 g/mol. The van der Waals surface area contributed by atoms with Crippen LogP contribution in [0.2, 0.25) is 0 Å². The lowest BCUT2D eigenvalue weighted by Crippen LogP contribution is -2.52. The third-order valence-corrected chi connectivity index (χ3v) is 5.79. The van der Waals surface area contributed by atoms with Crippen molar-refractivity contribution in [2.24, 2.45) is 10.9 Å². The van der Waals surface area contributed by atoms with Gasteiger partial charge < -0.3 is 15.5 Å². The number of aliphatic imine (C=N–C) groups is 1. The molecule has 0 aromatic heterocycles. The molecule has 1 aromatic rings. The number of hydrogen-bond acceptors (Lipinski definition) is 3. The maximum absolute atomic E-state index is 4.47. The lowest BCUT2D eigenvalue weighted by Gasteiger charge is -2.38. The van der Waals surface area contributed by atoms with Gasteiger partial charge in [0, 0.05) is 44.8 Å². The van der Waals surface area contributed by atoms with Crippen LogP contribution in [0.15, 0.2) is 35.3 Å². The number of piperidine rings is 1. The summed E-state index contributed by atoms with van der Waals surface area (Å²) in [6, 6.07) is 12.4. The minimum atomic E-state index is 0. The average molecular weight is 516 g/mol. The molecule has 0 bridgehead atoms. The van der Waals surface area contributed by atoms with Crippen LogP contribution in [-0.4, -0.2) is 68.1 Å². The Morgan fingerprint density at radius 3 is 2.48 bits per heavy atom. The van der Waals surface area contributed by atoms with Gasteiger partial charge in [-0.2, -0.15) is 0 Å². The summed E-state index contributed by atoms with van der Waals surface area (Å²) < 4.78 is 0. The van der Waals surface area contributed by atoms with E-state index in [0.29, 0.717) is 24.0 Å². The molecule has 1 aliphatic heterocycles. The molecule has 3 atom stereocenters. The van der Waals surface area contributed by atoms with Gasteiger partial charge in [0.25, 0.3) is 0 Å². The molecule has 29 heavy (non-hydrogen) atoms. The molecule has 2 rings (SSSR count). The summed E-state index contributed by atoms with van der Waals surface area (Å²) in [5.41, 5.74) is 1.40. The second kappa shape index (κ2) is 13.4. The van der Waals surface area contributed by atoms with Crippen LogP contribution in [-0.2, 0) is 6.54 Å². The zero-order valence-corrected chi connectivity index (χ0v) is 21.5. The number of halogens is 1. The summed E-state index contributed by atoms with van der Waals surface area (Å²) in [6.45, 7) is 10.0. The minimum Gasteiger partial charge on any atom is -0.355 e. The summed E-state index contributed by atoms with van der Waals surface area (Å²) in [5, 5.41) is 7.21. The fourth-order valence-corrected chi connectivity index (χ4v) is 4.03. The van der Waals surface area contributed by atoms with E-state index >= 15 is 0 Å². The van der Waals surface area contributed by atoms with E-state index in [2.05, 4.69) is 90.6 Å². The molecule has 1 aliphatic rings. The van der Waals surface area contributed by atoms with Gasteiger partial charge in [0.15, 0.2) is 5.96 Å². The molecule has 0 spiro atoms. The fourth-order valence-electron chi connectivity index (χ4n) is 4.03. The number of likely N-dealkylation sites (tertiary alicyclic amines) is 1. The van der Waals surface area contributed by atoms with Crippen molar-refractivity contribution in [1.82, 2.24) is 20.4 Å². The average Bonchev–Trinajstić information content (AvgIpc) is 2.66. The van der Waals surface area contributed by atoms with E-state index in [9.17, 15) is 0 Å². The molecule has 1 aromatic carbocycles. The summed E-state index contributed by atoms with van der Waals surface area (Å²) in [7, 11) is 6.19. The van der Waals surface area contributed by atoms with E-state index in [1.807, 2.05) is 7.05 Å². The van der Waals surface area contributed by atoms with E-state index < -0.39 is 0 Å². The van der Waals surface area contributed by atoms with Crippen LogP contribution in [0.4, 0.5) is 0 Å². The highest BCUT2D eigenvalue weighted by molar-refractivity contribution is 14.0. The highest BCUT2D eigenvalue weighted by Gasteiger charge is 2.26. The highest BCUT2D eigenvalue weighted by Crippen LogP contribution is 2.20. The van der Waals surface area contributed by atoms with Crippen molar-refractivity contribution in [3.05, 3.63) is 35.9 Å². The Morgan fingerprint density at radius 1 is 1.24 bits per heavy atom. The molecule has 3 unspecified atom stereocenters. The van der Waals surface area contributed by atoms with Gasteiger partial charge in [-0.3, -0.25) is 9.89 Å². The van der Waals surface area contributed by atoms with Crippen LogP contribution in [0, 0.1) is 5.92 Å². The number of benzene rings is 1. The quantitative estimate of drug-likeness (QED) is 0.314. The van der Waals surface area contributed by atoms with Gasteiger partial charge >= 0.3 is 0 Å². The Labute approximate surface area is 195 Å². The SMILES string of the molecule is CN=C(NCC(CC(C)C)N(C)C)NC1CCN(Cc2ccccc2)C(C)C1.I. The van der Waals surface area contributed by atoms with Gasteiger partial charge in [-0.05, 0) is 51.8 Å². The van der Waals surface area contributed by atoms with Gasteiger partial charge in [0.05, 0.1) is 0 Å². The monoisotopic (exact) mass is 515 g/mol. The van der Waals surface area contributed by atoms with E-state index in [4.69, 9.17) is 0 Å². The molecular formula is C23H42IN5. The third-order valence-electron chi connectivity index (χ3n) is 5.79. The topological polar surface area (TPSA) is 42.9 Å². The number of likely N-dealkylation sites (N-methyl/N-ethyl adjacent to an activating group) is 1. The Bertz CT molecular complexity index is 590. The molecule has 1 saturated heterocycles. The standard InChI is InChI=1S/C23H41N5.HI/c1-18(2)14-22(27(5)6)16-25-23(24-4)26-21-12-13-28(19(3)15-21)17-20-10-8-7-9-11-20;/h7-11,18-19,21-22H,12-17H2,1-6H3,(H2,24,25,26);1H. The van der Waals surface area contributed by atoms with Crippen LogP contribution < -0.4 is 10.6 Å². The second-order valence-corrected chi connectivity index (χ2v) is 8.87. The summed E-state index contributed by atoms with van der Waals surface area (Å²) in [5.74, 6) is 1.63. The number of rotatable bonds is 8. The van der Waals surface area contributed by atoms with Gasteiger partial charge in [-0.15, -0.1) is 24.0 Å². The molecule has 1 heterocycles. The molecule has 0 amide bonds. The van der Waals surface area contributed by atoms with Crippen molar-refractivity contribution in [3.63, 3.8) is 0 Å². The number of nitrogens with one attached hydrogen (secondary N) is 2. The Hall–Kier alpha value is -0.860. The molecule has 2 N–H and O–H groups in total. The van der Waals surface area contributed by atoms with E-state index in [0.717, 1.165) is 38.4 Å². The number of guanidine groups is 1. The van der Waals surface area contributed by atoms with Crippen LogP contribution in [0.5, 0.6) is 0 Å². The van der Waals surface area contributed by atoms with Gasteiger partial charge in [0.1, 0.15) is 0 Å². The van der Waals surface area contributed by atoms with Gasteiger partial charge in [-0.25, -0.2) is 0 Å². The van der Waals surface area contributed by atoms with Crippen molar-refractivity contribution in [3.8, 4) is 0 Å². The minimum absolute atomic E-state index is 0. The first-order chi connectivity index (χ1) is 13.4. The van der Waals surface area contributed by atoms with Crippen molar-refractivity contribution >= 4 is 29.9 Å². The summed E-state index contributed by atoms with van der Waals surface area (Å²) in [6.07, 6.45) is 3.49. The van der Waals surface area contributed by atoms with Crippen molar-refractivity contribution in [2.45, 2.75) is 64.7 Å². The van der Waals surface area contributed by atoms with Crippen molar-refractivity contribution in [1.29, 1.82) is 0 Å². The van der Waals surface area contributed by atoms with Crippen molar-refractivity contribution < 1.29 is 0 Å². The maximum atomic E-state index is 4.47. The third kappa shape index (κ3) is 9.22. The predicted octanol–water partition coefficient (Wildman–Crippen LogP) is 3.80. The first kappa shape index (κ1) is 26.2.